The van der Waals surface area contributed by atoms with Crippen LogP contribution in [0.25, 0.3) is 9.53 Å². The van der Waals surface area contributed by atoms with E-state index in [1.165, 1.54) is 22.7 Å². The zero-order valence-electron chi connectivity index (χ0n) is 24.7. The highest BCUT2D eigenvalue weighted by atomic mass is 32.1. The van der Waals surface area contributed by atoms with Gasteiger partial charge in [-0.25, -0.2) is 9.78 Å². The lowest BCUT2D eigenvalue weighted by molar-refractivity contribution is -0.143. The second kappa shape index (κ2) is 17.0. The van der Waals surface area contributed by atoms with Crippen molar-refractivity contribution in [2.45, 2.75) is 33.1 Å². The van der Waals surface area contributed by atoms with Crippen LogP contribution in [-0.2, 0) is 19.1 Å². The van der Waals surface area contributed by atoms with Gasteiger partial charge in [-0.3, -0.25) is 4.79 Å². The van der Waals surface area contributed by atoms with Crippen LogP contribution in [0, 0.1) is 0 Å². The van der Waals surface area contributed by atoms with Crippen molar-refractivity contribution >= 4 is 71.3 Å². The summed E-state index contributed by atoms with van der Waals surface area (Å²) in [5, 5.41) is 18.6. The predicted molar refractivity (Wildman–Crippen MR) is 174 cm³/mol. The number of rotatable bonds is 17. The highest BCUT2D eigenvalue weighted by Gasteiger charge is 2.09. The highest BCUT2D eigenvalue weighted by molar-refractivity contribution is 7.30. The second-order valence-corrected chi connectivity index (χ2v) is 11.3. The number of carbonyl (C=O) groups excluding carboxylic acids is 2. The van der Waals surface area contributed by atoms with Gasteiger partial charge in [0.25, 0.3) is 0 Å². The standard InChI is InChI=1S/C31H34N6O5S2/c1-4-28(38)41-19-8-7-18-40-25-15-11-23(12-16-25)33-35-27-21-26-30(44-27)32-31(43-26)36-34-22-9-13-24(14-10-22)37(6-3)17-20-42-29(39)5-2/h5,9-16,21H,2,4,6-8,17-20H2,1,3H3. The van der Waals surface area contributed by atoms with Crippen molar-refractivity contribution in [2.24, 2.45) is 20.5 Å². The molecule has 0 aliphatic heterocycles. The minimum atomic E-state index is -0.425. The number of aromatic nitrogens is 1. The number of fused-ring (bicyclic) bond motifs is 1. The first-order chi connectivity index (χ1) is 21.5. The molecule has 0 fully saturated rings. The molecule has 230 valence electrons. The first kappa shape index (κ1) is 32.4. The minimum absolute atomic E-state index is 0.177. The third-order valence-corrected chi connectivity index (χ3v) is 8.07. The lowest BCUT2D eigenvalue weighted by Gasteiger charge is -2.22. The van der Waals surface area contributed by atoms with Gasteiger partial charge in [0.1, 0.15) is 22.2 Å². The van der Waals surface area contributed by atoms with E-state index in [9.17, 15) is 9.59 Å². The number of hydrogen-bond donors (Lipinski definition) is 0. The molecule has 0 amide bonds. The van der Waals surface area contributed by atoms with E-state index < -0.39 is 5.97 Å². The summed E-state index contributed by atoms with van der Waals surface area (Å²) in [5.74, 6) is 0.147. The summed E-state index contributed by atoms with van der Waals surface area (Å²) in [4.78, 5) is 29.9. The van der Waals surface area contributed by atoms with Crippen LogP contribution in [0.3, 0.4) is 0 Å². The average Bonchev–Trinajstić information content (AvgIpc) is 3.62. The molecule has 4 rings (SSSR count). The maximum Gasteiger partial charge on any atom is 0.330 e. The molecule has 0 saturated heterocycles. The quantitative estimate of drug-likeness (QED) is 0.0491. The molecular formula is C31H34N6O5S2. The Morgan fingerprint density at radius 1 is 0.886 bits per heavy atom. The monoisotopic (exact) mass is 634 g/mol. The number of anilines is 1. The van der Waals surface area contributed by atoms with E-state index in [0.29, 0.717) is 42.7 Å². The SMILES string of the molecule is C=CC(=O)OCCN(CC)c1ccc(N=Nc2nc3sc(N=Nc4ccc(OCCCCOC(=O)CC)cc4)cc3s2)cc1. The maximum atomic E-state index is 11.3. The van der Waals surface area contributed by atoms with Crippen LogP contribution in [-0.4, -0.2) is 49.8 Å². The molecule has 13 heteroatoms. The van der Waals surface area contributed by atoms with E-state index in [0.717, 1.165) is 51.4 Å². The van der Waals surface area contributed by atoms with Crippen LogP contribution in [0.2, 0.25) is 0 Å². The zero-order chi connectivity index (χ0) is 31.1. The molecule has 0 unspecified atom stereocenters. The van der Waals surface area contributed by atoms with Gasteiger partial charge in [-0.05, 0) is 74.4 Å². The fraction of sp³-hybridized carbons (Fsp3) is 0.323. The van der Waals surface area contributed by atoms with Gasteiger partial charge in [-0.2, -0.15) is 0 Å². The Morgan fingerprint density at radius 3 is 2.27 bits per heavy atom. The number of azo groups is 2. The van der Waals surface area contributed by atoms with Crippen molar-refractivity contribution < 1.29 is 23.8 Å². The third kappa shape index (κ3) is 10.1. The summed E-state index contributed by atoms with van der Waals surface area (Å²) in [6.45, 7) is 9.83. The molecular weight excluding hydrogens is 601 g/mol. The number of ether oxygens (including phenoxy) is 3. The van der Waals surface area contributed by atoms with Gasteiger partial charge in [0.15, 0.2) is 0 Å². The first-order valence-corrected chi connectivity index (χ1v) is 15.9. The van der Waals surface area contributed by atoms with Crippen molar-refractivity contribution in [3.8, 4) is 5.75 Å². The summed E-state index contributed by atoms with van der Waals surface area (Å²) in [7, 11) is 0. The van der Waals surface area contributed by atoms with Crippen molar-refractivity contribution in [1.29, 1.82) is 0 Å². The normalized spacial score (nSPS) is 11.3. The molecule has 0 N–H and O–H groups in total. The van der Waals surface area contributed by atoms with Gasteiger partial charge in [-0.1, -0.05) is 36.2 Å². The fourth-order valence-corrected chi connectivity index (χ4v) is 5.67. The average molecular weight is 635 g/mol. The van der Waals surface area contributed by atoms with Crippen molar-refractivity contribution in [1.82, 2.24) is 4.98 Å². The maximum absolute atomic E-state index is 11.3. The smallest absolute Gasteiger partial charge is 0.330 e. The Bertz CT molecular complexity index is 1550. The lowest BCUT2D eigenvalue weighted by Crippen LogP contribution is -2.27. The second-order valence-electron chi connectivity index (χ2n) is 9.24. The number of unbranched alkanes of at least 4 members (excludes halogenated alkanes) is 1. The van der Waals surface area contributed by atoms with Gasteiger partial charge in [0.2, 0.25) is 5.13 Å². The van der Waals surface area contributed by atoms with Gasteiger partial charge in [0.05, 0.1) is 35.8 Å². The lowest BCUT2D eigenvalue weighted by atomic mass is 10.2. The van der Waals surface area contributed by atoms with E-state index in [2.05, 4.69) is 36.9 Å². The van der Waals surface area contributed by atoms with E-state index in [-0.39, 0.29) is 12.6 Å². The Morgan fingerprint density at radius 2 is 1.59 bits per heavy atom. The van der Waals surface area contributed by atoms with E-state index >= 15 is 0 Å². The first-order valence-electron chi connectivity index (χ1n) is 14.2. The van der Waals surface area contributed by atoms with Gasteiger partial charge in [0, 0.05) is 24.7 Å². The van der Waals surface area contributed by atoms with E-state index in [4.69, 9.17) is 14.2 Å². The minimum Gasteiger partial charge on any atom is -0.494 e. The number of nitrogens with zero attached hydrogens (tertiary/aromatic N) is 6. The van der Waals surface area contributed by atoms with Gasteiger partial charge < -0.3 is 19.1 Å². The van der Waals surface area contributed by atoms with Crippen molar-refractivity contribution in [2.75, 3.05) is 37.8 Å². The Labute approximate surface area is 263 Å². The topological polar surface area (TPSA) is 127 Å². The summed E-state index contributed by atoms with van der Waals surface area (Å²) in [6.07, 6.45) is 3.12. The van der Waals surface area contributed by atoms with Crippen LogP contribution >= 0.6 is 22.7 Å². The molecule has 11 nitrogen and oxygen atoms in total. The van der Waals surface area contributed by atoms with E-state index in [1.807, 2.05) is 61.5 Å². The Hall–Kier alpha value is -4.49. The highest BCUT2D eigenvalue weighted by Crippen LogP contribution is 2.39. The molecule has 4 aromatic rings. The molecule has 0 spiro atoms. The van der Waals surface area contributed by atoms with Gasteiger partial charge in [-0.15, -0.1) is 20.5 Å². The number of carbonyl (C=O) groups is 2. The molecule has 0 aliphatic rings. The number of thiazole rings is 1. The third-order valence-electron chi connectivity index (χ3n) is 6.14. The number of benzene rings is 2. The number of thiophene rings is 1. The van der Waals surface area contributed by atoms with Gasteiger partial charge >= 0.3 is 11.9 Å². The number of esters is 2. The van der Waals surface area contributed by atoms with E-state index in [1.54, 1.807) is 6.92 Å². The van der Waals surface area contributed by atoms with Crippen LogP contribution in [0.5, 0.6) is 5.75 Å². The van der Waals surface area contributed by atoms with Crippen LogP contribution in [0.4, 0.5) is 27.2 Å². The molecule has 0 bridgehead atoms. The predicted octanol–water partition coefficient (Wildman–Crippen LogP) is 8.86. The zero-order valence-corrected chi connectivity index (χ0v) is 26.3. The molecule has 0 atom stereocenters. The molecule has 0 saturated carbocycles. The number of hydrogen-bond acceptors (Lipinski definition) is 13. The Balaban J connectivity index is 1.24. The molecule has 2 aromatic carbocycles. The van der Waals surface area contributed by atoms with Crippen LogP contribution < -0.4 is 9.64 Å². The molecule has 2 heterocycles. The number of likely N-dealkylation sites (N-methyl/N-ethyl adjacent to an activating group) is 1. The van der Waals surface area contributed by atoms with Crippen LogP contribution in [0.1, 0.15) is 33.1 Å². The van der Waals surface area contributed by atoms with Crippen molar-refractivity contribution in [3.05, 3.63) is 67.3 Å². The van der Waals surface area contributed by atoms with Crippen molar-refractivity contribution in [3.63, 3.8) is 0 Å². The fourth-order valence-electron chi connectivity index (χ4n) is 3.82. The molecule has 0 aliphatic carbocycles. The summed E-state index contributed by atoms with van der Waals surface area (Å²) in [6, 6.07) is 17.0. The summed E-state index contributed by atoms with van der Waals surface area (Å²) >= 11 is 2.88. The summed E-state index contributed by atoms with van der Waals surface area (Å²) < 4.78 is 16.8. The largest absolute Gasteiger partial charge is 0.494 e. The molecule has 2 aromatic heterocycles. The van der Waals surface area contributed by atoms with Crippen LogP contribution in [0.15, 0.2) is 87.7 Å². The molecule has 0 radical (unpaired) electrons. The Kier molecular flexibility index (Phi) is 12.5. The molecule has 44 heavy (non-hydrogen) atoms. The summed E-state index contributed by atoms with van der Waals surface area (Å²) in [5.41, 5.74) is 2.43.